The number of carboxylic acid groups (broad SMARTS) is 1. The monoisotopic (exact) mass is 226 g/mol. The summed E-state index contributed by atoms with van der Waals surface area (Å²) in [7, 11) is 5.92. The van der Waals surface area contributed by atoms with Crippen molar-refractivity contribution in [3.63, 3.8) is 0 Å². The van der Waals surface area contributed by atoms with Gasteiger partial charge in [0.2, 0.25) is 0 Å². The van der Waals surface area contributed by atoms with Gasteiger partial charge in [0.05, 0.1) is 21.1 Å². The Morgan fingerprint density at radius 1 is 1.27 bits per heavy atom. The Morgan fingerprint density at radius 3 is 2.20 bits per heavy atom. The number of esters is 1. The minimum absolute atomic E-state index is 0. The second-order valence-electron chi connectivity index (χ2n) is 3.85. The van der Waals surface area contributed by atoms with Gasteiger partial charge >= 0.3 is 41.5 Å². The fourth-order valence-electron chi connectivity index (χ4n) is 0.608. The van der Waals surface area contributed by atoms with Gasteiger partial charge in [0.15, 0.2) is 0 Å². The Morgan fingerprint density at radius 2 is 1.80 bits per heavy atom. The summed E-state index contributed by atoms with van der Waals surface area (Å²) in [5.74, 6) is -1.78. The minimum atomic E-state index is -1.16. The van der Waals surface area contributed by atoms with Gasteiger partial charge < -0.3 is 14.3 Å². The zero-order valence-electron chi connectivity index (χ0n) is 8.69. The zero-order chi connectivity index (χ0) is 11.2. The molecule has 0 aliphatic carbocycles. The molecule has 0 rings (SSSR count). The molecule has 0 aromatic heterocycles. The van der Waals surface area contributed by atoms with E-state index in [2.05, 4.69) is 0 Å². The van der Waals surface area contributed by atoms with Crippen molar-refractivity contribution in [3.05, 3.63) is 12.2 Å². The van der Waals surface area contributed by atoms with Crippen LogP contribution in [0.2, 0.25) is 0 Å². The van der Waals surface area contributed by atoms with Crippen LogP contribution in [0.4, 0.5) is 0 Å². The van der Waals surface area contributed by atoms with Crippen LogP contribution in [0.25, 0.3) is 0 Å². The summed E-state index contributed by atoms with van der Waals surface area (Å²) in [6.07, 6.45) is 1.66. The Hall–Kier alpha value is -0.360. The van der Waals surface area contributed by atoms with Crippen LogP contribution in [0.15, 0.2) is 12.2 Å². The third-order valence-electron chi connectivity index (χ3n) is 1.37. The molecule has 0 unspecified atom stereocenters. The zero-order valence-corrected chi connectivity index (χ0v) is 8.69. The predicted molar refractivity (Wildman–Crippen MR) is 57.8 cm³/mol. The predicted octanol–water partition coefficient (Wildman–Crippen LogP) is -0.772. The van der Waals surface area contributed by atoms with Crippen LogP contribution in [0.3, 0.4) is 0 Å². The fraction of sp³-hybridized carbons (Fsp3) is 0.556. The van der Waals surface area contributed by atoms with Gasteiger partial charge in [-0.1, -0.05) is 0 Å². The quantitative estimate of drug-likeness (QED) is 0.289. The maximum absolute atomic E-state index is 10.9. The second kappa shape index (κ2) is 7.87. The van der Waals surface area contributed by atoms with Gasteiger partial charge in [0, 0.05) is 12.2 Å². The summed E-state index contributed by atoms with van der Waals surface area (Å²) in [5, 5.41) is 8.22. The van der Waals surface area contributed by atoms with Crippen LogP contribution < -0.4 is 0 Å². The molecule has 0 spiro atoms. The Bertz CT molecular complexity index is 245. The van der Waals surface area contributed by atoms with Crippen molar-refractivity contribution in [1.82, 2.24) is 0 Å². The van der Waals surface area contributed by atoms with Gasteiger partial charge in [0.25, 0.3) is 0 Å². The van der Waals surface area contributed by atoms with E-state index in [1.807, 2.05) is 21.1 Å². The van der Waals surface area contributed by atoms with Crippen LogP contribution in [-0.4, -0.2) is 85.4 Å². The summed E-state index contributed by atoms with van der Waals surface area (Å²) < 4.78 is 5.45. The average Bonchev–Trinajstić information content (AvgIpc) is 1.98. The van der Waals surface area contributed by atoms with Gasteiger partial charge in [0.1, 0.15) is 13.2 Å². The Kier molecular flexibility index (Phi) is 8.95. The van der Waals surface area contributed by atoms with Crippen molar-refractivity contribution in [1.29, 1.82) is 0 Å². The van der Waals surface area contributed by atoms with Crippen LogP contribution in [-0.2, 0) is 14.3 Å². The molecule has 0 atom stereocenters. The summed E-state index contributed by atoms with van der Waals surface area (Å²) in [4.78, 5) is 20.9. The first-order valence-electron chi connectivity index (χ1n) is 4.19. The van der Waals surface area contributed by atoms with Crippen LogP contribution >= 0.6 is 0 Å². The summed E-state index contributed by atoms with van der Waals surface area (Å²) in [6.45, 7) is 0.971. The van der Waals surface area contributed by atoms with Crippen molar-refractivity contribution in [2.75, 3.05) is 34.3 Å². The topological polar surface area (TPSA) is 63.6 Å². The van der Waals surface area contributed by atoms with Crippen molar-refractivity contribution in [3.8, 4) is 0 Å². The van der Waals surface area contributed by atoms with Crippen LogP contribution in [0, 0.1) is 0 Å². The molecule has 0 aliphatic heterocycles. The third kappa shape index (κ3) is 13.6. The van der Waals surface area contributed by atoms with E-state index in [4.69, 9.17) is 9.84 Å². The van der Waals surface area contributed by atoms with Gasteiger partial charge in [-0.2, -0.15) is 0 Å². The molecule has 0 aliphatic rings. The standard InChI is InChI=1S/C9H15NO4.Na.H/c1-10(2,3)6-7-14-9(13)5-4-8(11)12;;/h4-5H,6-7H2,1-3H3;;/p+1/b5-4+;;. The molecular weight excluding hydrogens is 209 g/mol. The van der Waals surface area contributed by atoms with Gasteiger partial charge in [-0.25, -0.2) is 9.59 Å². The van der Waals surface area contributed by atoms with Crippen molar-refractivity contribution in [2.45, 2.75) is 0 Å². The van der Waals surface area contributed by atoms with Crippen molar-refractivity contribution in [2.24, 2.45) is 0 Å². The van der Waals surface area contributed by atoms with E-state index in [0.717, 1.165) is 12.2 Å². The van der Waals surface area contributed by atoms with E-state index in [0.29, 0.717) is 11.0 Å². The number of carbonyl (C=O) groups is 2. The fourth-order valence-corrected chi connectivity index (χ4v) is 0.608. The molecule has 0 bridgehead atoms. The molecule has 0 saturated carbocycles. The SMILES string of the molecule is C[N+](C)(C)CCOC(=O)/C=C/C(=O)O.[NaH]. The molecule has 0 fully saturated rings. The molecule has 1 N–H and O–H groups in total. The van der Waals surface area contributed by atoms with Crippen molar-refractivity contribution >= 4 is 41.5 Å². The van der Waals surface area contributed by atoms with E-state index >= 15 is 0 Å². The normalized spacial score (nSPS) is 10.9. The first-order chi connectivity index (χ1) is 6.31. The molecular formula is C9H17NNaO4+. The number of quaternary nitrogens is 1. The number of aliphatic carboxylic acids is 1. The number of likely N-dealkylation sites (N-methyl/N-ethyl adjacent to an activating group) is 1. The Labute approximate surface area is 112 Å². The molecule has 6 heteroatoms. The van der Waals surface area contributed by atoms with Crippen LogP contribution in [0.5, 0.6) is 0 Å². The molecule has 0 heterocycles. The van der Waals surface area contributed by atoms with Gasteiger partial charge in [-0.3, -0.25) is 0 Å². The molecule has 82 valence electrons. The number of hydrogen-bond acceptors (Lipinski definition) is 3. The van der Waals surface area contributed by atoms with E-state index in [1.165, 1.54) is 0 Å². The van der Waals surface area contributed by atoms with Gasteiger partial charge in [-0.15, -0.1) is 0 Å². The summed E-state index contributed by atoms with van der Waals surface area (Å²) >= 11 is 0. The molecule has 5 nitrogen and oxygen atoms in total. The Balaban J connectivity index is 0. The number of carboxylic acids is 1. The number of carbonyl (C=O) groups excluding carboxylic acids is 1. The molecule has 0 saturated heterocycles. The molecule has 0 aromatic rings. The number of nitrogens with zero attached hydrogens (tertiary/aromatic N) is 1. The summed E-state index contributed by atoms with van der Waals surface area (Å²) in [6, 6.07) is 0. The first-order valence-corrected chi connectivity index (χ1v) is 4.19. The second-order valence-corrected chi connectivity index (χ2v) is 3.85. The molecule has 0 aromatic carbocycles. The number of hydrogen-bond donors (Lipinski definition) is 1. The molecule has 15 heavy (non-hydrogen) atoms. The molecule has 0 radical (unpaired) electrons. The first kappa shape index (κ1) is 17.0. The van der Waals surface area contributed by atoms with Crippen molar-refractivity contribution < 1.29 is 23.9 Å². The number of rotatable bonds is 5. The van der Waals surface area contributed by atoms with Gasteiger partial charge in [-0.05, 0) is 0 Å². The van der Waals surface area contributed by atoms with Crippen LogP contribution in [0.1, 0.15) is 0 Å². The van der Waals surface area contributed by atoms with E-state index in [-0.39, 0.29) is 36.2 Å². The van der Waals surface area contributed by atoms with E-state index in [1.54, 1.807) is 0 Å². The maximum atomic E-state index is 10.9. The van der Waals surface area contributed by atoms with E-state index in [9.17, 15) is 9.59 Å². The molecule has 0 amide bonds. The summed E-state index contributed by atoms with van der Waals surface area (Å²) in [5.41, 5.74) is 0. The third-order valence-corrected chi connectivity index (χ3v) is 1.37. The number of ether oxygens (including phenoxy) is 1. The average molecular weight is 226 g/mol. The van der Waals surface area contributed by atoms with E-state index < -0.39 is 11.9 Å².